The van der Waals surface area contributed by atoms with Gasteiger partial charge in [0.15, 0.2) is 10.9 Å². The quantitative estimate of drug-likeness (QED) is 0.492. The summed E-state index contributed by atoms with van der Waals surface area (Å²) in [7, 11) is 1.60. The summed E-state index contributed by atoms with van der Waals surface area (Å²) in [4.78, 5) is 30.6. The Hall–Kier alpha value is -2.16. The number of anilines is 1. The van der Waals surface area contributed by atoms with Crippen LogP contribution in [0.25, 0.3) is 10.6 Å². The maximum atomic E-state index is 12.2. The lowest BCUT2D eigenvalue weighted by atomic mass is 10.1. The average molecular weight is 433 g/mol. The van der Waals surface area contributed by atoms with Gasteiger partial charge in [0.2, 0.25) is 5.91 Å². The topological polar surface area (TPSA) is 68.3 Å². The molecule has 3 aromatic rings. The highest BCUT2D eigenvalue weighted by Crippen LogP contribution is 2.30. The molecule has 2 aromatic heterocycles. The Morgan fingerprint density at radius 3 is 2.75 bits per heavy atom. The third kappa shape index (κ3) is 5.21. The molecule has 0 saturated carbocycles. The van der Waals surface area contributed by atoms with Gasteiger partial charge in [-0.15, -0.1) is 34.4 Å². The molecule has 5 nitrogen and oxygen atoms in total. The number of benzene rings is 1. The third-order valence-electron chi connectivity index (χ3n) is 3.92. The highest BCUT2D eigenvalue weighted by Gasteiger charge is 2.11. The number of aromatic nitrogens is 1. The summed E-state index contributed by atoms with van der Waals surface area (Å²) in [5.41, 5.74) is 2.43. The van der Waals surface area contributed by atoms with Crippen molar-refractivity contribution >= 4 is 51.3 Å². The fourth-order valence-electron chi connectivity index (χ4n) is 2.54. The minimum Gasteiger partial charge on any atom is -0.496 e. The molecular weight excluding hydrogens is 412 g/mol. The van der Waals surface area contributed by atoms with E-state index >= 15 is 0 Å². The Labute approximate surface area is 176 Å². The van der Waals surface area contributed by atoms with Crippen molar-refractivity contribution in [2.45, 2.75) is 19.6 Å². The van der Waals surface area contributed by atoms with E-state index in [1.54, 1.807) is 30.6 Å². The Balaban J connectivity index is 1.54. The standard InChI is InChI=1S/C20H20N2O3S3/c1-12-4-7-18(28-12)16-10-27-20(21-16)22-19(24)11-26-9-15-8-14(13(2)23)5-6-17(15)25-3/h4-8,10H,9,11H2,1-3H3,(H,21,22,24). The van der Waals surface area contributed by atoms with Crippen molar-refractivity contribution < 1.29 is 14.3 Å². The van der Waals surface area contributed by atoms with Crippen LogP contribution in [0.3, 0.4) is 0 Å². The molecule has 0 aliphatic rings. The average Bonchev–Trinajstić information content (AvgIpc) is 3.30. The van der Waals surface area contributed by atoms with Gasteiger partial charge in [-0.3, -0.25) is 9.59 Å². The SMILES string of the molecule is COc1ccc(C(C)=O)cc1CSCC(=O)Nc1nc(-c2ccc(C)s2)cs1. The Morgan fingerprint density at radius 2 is 2.07 bits per heavy atom. The molecule has 1 amide bonds. The number of aryl methyl sites for hydroxylation is 1. The van der Waals surface area contributed by atoms with E-state index in [2.05, 4.69) is 23.3 Å². The van der Waals surface area contributed by atoms with Crippen LogP contribution in [0, 0.1) is 6.92 Å². The van der Waals surface area contributed by atoms with Crippen molar-refractivity contribution in [3.05, 3.63) is 51.7 Å². The van der Waals surface area contributed by atoms with Crippen LogP contribution in [-0.2, 0) is 10.5 Å². The van der Waals surface area contributed by atoms with Gasteiger partial charge >= 0.3 is 0 Å². The monoisotopic (exact) mass is 432 g/mol. The van der Waals surface area contributed by atoms with Crippen LogP contribution in [0.15, 0.2) is 35.7 Å². The fourth-order valence-corrected chi connectivity index (χ4v) is 4.97. The normalized spacial score (nSPS) is 10.7. The van der Waals surface area contributed by atoms with Crippen molar-refractivity contribution in [1.29, 1.82) is 0 Å². The molecule has 1 N–H and O–H groups in total. The molecule has 28 heavy (non-hydrogen) atoms. The number of nitrogens with one attached hydrogen (secondary N) is 1. The Morgan fingerprint density at radius 1 is 1.25 bits per heavy atom. The van der Waals surface area contributed by atoms with Crippen molar-refractivity contribution in [1.82, 2.24) is 4.98 Å². The third-order valence-corrected chi connectivity index (χ3v) is 6.68. The van der Waals surface area contributed by atoms with Gasteiger partial charge in [0.25, 0.3) is 0 Å². The van der Waals surface area contributed by atoms with Crippen LogP contribution in [-0.4, -0.2) is 29.5 Å². The summed E-state index contributed by atoms with van der Waals surface area (Å²) in [5, 5.41) is 5.40. The first kappa shape index (κ1) is 20.6. The minimum atomic E-state index is -0.102. The van der Waals surface area contributed by atoms with Crippen molar-refractivity contribution in [3.63, 3.8) is 0 Å². The van der Waals surface area contributed by atoms with E-state index in [9.17, 15) is 9.59 Å². The van der Waals surface area contributed by atoms with Crippen molar-refractivity contribution in [2.24, 2.45) is 0 Å². The van der Waals surface area contributed by atoms with Crippen LogP contribution >= 0.6 is 34.4 Å². The second kappa shape index (κ2) is 9.36. The molecule has 0 atom stereocenters. The molecule has 146 valence electrons. The molecule has 3 rings (SSSR count). The smallest absolute Gasteiger partial charge is 0.236 e. The first-order chi connectivity index (χ1) is 13.5. The first-order valence-corrected chi connectivity index (χ1v) is 11.4. The lowest BCUT2D eigenvalue weighted by Gasteiger charge is -2.09. The van der Waals surface area contributed by atoms with E-state index in [0.29, 0.717) is 28.0 Å². The van der Waals surface area contributed by atoms with Crippen LogP contribution in [0.2, 0.25) is 0 Å². The van der Waals surface area contributed by atoms with Crippen LogP contribution < -0.4 is 10.1 Å². The zero-order valence-corrected chi connectivity index (χ0v) is 18.2. The van der Waals surface area contributed by atoms with Gasteiger partial charge in [0, 0.05) is 27.1 Å². The largest absolute Gasteiger partial charge is 0.496 e. The van der Waals surface area contributed by atoms with Crippen molar-refractivity contribution in [3.8, 4) is 16.3 Å². The van der Waals surface area contributed by atoms with Gasteiger partial charge in [0.1, 0.15) is 5.75 Å². The Kier molecular flexibility index (Phi) is 6.88. The number of hydrogen-bond acceptors (Lipinski definition) is 7. The summed E-state index contributed by atoms with van der Waals surface area (Å²) >= 11 is 4.57. The van der Waals surface area contributed by atoms with Crippen molar-refractivity contribution in [2.75, 3.05) is 18.2 Å². The lowest BCUT2D eigenvalue weighted by Crippen LogP contribution is -2.14. The molecule has 2 heterocycles. The first-order valence-electron chi connectivity index (χ1n) is 8.54. The number of thiophene rings is 1. The minimum absolute atomic E-state index is 0.00662. The number of carbonyl (C=O) groups is 2. The van der Waals surface area contributed by atoms with Gasteiger partial charge in [-0.1, -0.05) is 0 Å². The maximum Gasteiger partial charge on any atom is 0.236 e. The second-order valence-electron chi connectivity index (χ2n) is 6.07. The number of thioether (sulfide) groups is 1. The number of rotatable bonds is 8. The van der Waals surface area contributed by atoms with Gasteiger partial charge in [-0.2, -0.15) is 0 Å². The van der Waals surface area contributed by atoms with E-state index in [4.69, 9.17) is 4.74 Å². The molecule has 0 aliphatic heterocycles. The summed E-state index contributed by atoms with van der Waals surface area (Å²) in [6.45, 7) is 3.59. The van der Waals surface area contributed by atoms with Gasteiger partial charge < -0.3 is 10.1 Å². The summed E-state index contributed by atoms with van der Waals surface area (Å²) in [5.74, 6) is 1.49. The molecule has 0 bridgehead atoms. The molecule has 0 aliphatic carbocycles. The van der Waals surface area contributed by atoms with Gasteiger partial charge in [0.05, 0.1) is 23.4 Å². The van der Waals surface area contributed by atoms with E-state index in [1.165, 1.54) is 34.9 Å². The number of ketones is 1. The van der Waals surface area contributed by atoms with E-state index in [0.717, 1.165) is 16.1 Å². The zero-order valence-electron chi connectivity index (χ0n) is 15.8. The van der Waals surface area contributed by atoms with E-state index < -0.39 is 0 Å². The van der Waals surface area contributed by atoms with Crippen LogP contribution in [0.4, 0.5) is 5.13 Å². The highest BCUT2D eigenvalue weighted by molar-refractivity contribution is 7.99. The number of amides is 1. The molecule has 8 heteroatoms. The number of carbonyl (C=O) groups excluding carboxylic acids is 2. The summed E-state index contributed by atoms with van der Waals surface area (Å²) < 4.78 is 5.35. The maximum absolute atomic E-state index is 12.2. The molecule has 0 radical (unpaired) electrons. The number of ether oxygens (including phenoxy) is 1. The highest BCUT2D eigenvalue weighted by atomic mass is 32.2. The van der Waals surface area contributed by atoms with Gasteiger partial charge in [-0.05, 0) is 44.2 Å². The zero-order chi connectivity index (χ0) is 20.1. The molecule has 1 aromatic carbocycles. The van der Waals surface area contributed by atoms with E-state index in [-0.39, 0.29) is 11.7 Å². The number of hydrogen-bond donors (Lipinski definition) is 1. The molecule has 0 fully saturated rings. The number of methoxy groups -OCH3 is 1. The molecular formula is C20H20N2O3S3. The predicted molar refractivity (Wildman–Crippen MR) is 118 cm³/mol. The summed E-state index contributed by atoms with van der Waals surface area (Å²) in [6, 6.07) is 9.46. The lowest BCUT2D eigenvalue weighted by molar-refractivity contribution is -0.113. The van der Waals surface area contributed by atoms with Crippen LogP contribution in [0.1, 0.15) is 27.7 Å². The fraction of sp³-hybridized carbons (Fsp3) is 0.250. The van der Waals surface area contributed by atoms with E-state index in [1.807, 2.05) is 17.5 Å². The molecule has 0 spiro atoms. The number of Topliss-reactive ketones (excluding diaryl/α,β-unsaturated/α-hetero) is 1. The van der Waals surface area contributed by atoms with Crippen LogP contribution in [0.5, 0.6) is 5.75 Å². The Bertz CT molecular complexity index is 994. The summed E-state index contributed by atoms with van der Waals surface area (Å²) in [6.07, 6.45) is 0. The number of thiazole rings is 1. The molecule has 0 unspecified atom stereocenters. The second-order valence-corrected chi connectivity index (χ2v) is 9.20. The predicted octanol–water partition coefficient (Wildman–Crippen LogP) is 5.26. The number of nitrogens with zero attached hydrogens (tertiary/aromatic N) is 1. The molecule has 0 saturated heterocycles. The van der Waals surface area contributed by atoms with Gasteiger partial charge in [-0.25, -0.2) is 4.98 Å².